The number of nitrogens with one attached hydrogen (secondary N) is 1. The van der Waals surface area contributed by atoms with Gasteiger partial charge in [-0.25, -0.2) is 13.1 Å². The van der Waals surface area contributed by atoms with Crippen LogP contribution >= 0.6 is 0 Å². The first kappa shape index (κ1) is 18.2. The maximum absolute atomic E-state index is 12.0. The molecular weight excluding hydrogens is 311 g/mol. The van der Waals surface area contributed by atoms with Crippen molar-refractivity contribution in [3.05, 3.63) is 0 Å². The number of carbonyl (C=O) groups is 1. The first-order chi connectivity index (χ1) is 9.54. The monoisotopic (exact) mass is 331 g/mol. The maximum Gasteiger partial charge on any atom is 0.389 e. The number of aliphatic carboxylic acids is 1. The van der Waals surface area contributed by atoms with Gasteiger partial charge in [-0.3, -0.25) is 4.79 Å². The number of alkyl halides is 3. The second kappa shape index (κ2) is 6.95. The van der Waals surface area contributed by atoms with E-state index in [4.69, 9.17) is 5.11 Å². The normalized spacial score (nSPS) is 19.4. The van der Waals surface area contributed by atoms with E-state index in [-0.39, 0.29) is 6.42 Å². The van der Waals surface area contributed by atoms with Gasteiger partial charge in [-0.15, -0.1) is 0 Å². The highest BCUT2D eigenvalue weighted by atomic mass is 32.2. The molecule has 5 nitrogen and oxygen atoms in total. The van der Waals surface area contributed by atoms with Crippen molar-refractivity contribution in [2.75, 3.05) is 5.75 Å². The minimum absolute atomic E-state index is 0.342. The van der Waals surface area contributed by atoms with Gasteiger partial charge in [0.25, 0.3) is 0 Å². The summed E-state index contributed by atoms with van der Waals surface area (Å²) < 4.78 is 62.3. The van der Waals surface area contributed by atoms with Crippen LogP contribution in [0.2, 0.25) is 0 Å². The molecule has 0 atom stereocenters. The van der Waals surface area contributed by atoms with Crippen LogP contribution < -0.4 is 4.72 Å². The molecule has 0 spiro atoms. The number of carboxylic acid groups (broad SMARTS) is 1. The number of rotatable bonds is 7. The predicted octanol–water partition coefficient (Wildman–Crippen LogP) is 2.43. The predicted molar refractivity (Wildman–Crippen MR) is 70.3 cm³/mol. The van der Waals surface area contributed by atoms with E-state index in [9.17, 15) is 26.4 Å². The Bertz CT molecular complexity index is 456. The second-order valence-electron chi connectivity index (χ2n) is 5.55. The molecule has 124 valence electrons. The van der Waals surface area contributed by atoms with Crippen molar-refractivity contribution < 1.29 is 31.5 Å². The summed E-state index contributed by atoms with van der Waals surface area (Å²) in [5.74, 6) is -1.76. The van der Waals surface area contributed by atoms with E-state index in [1.165, 1.54) is 0 Å². The molecule has 2 N–H and O–H groups in total. The molecule has 0 aromatic heterocycles. The van der Waals surface area contributed by atoms with Crippen molar-refractivity contribution >= 4 is 16.0 Å². The zero-order valence-corrected chi connectivity index (χ0v) is 12.4. The summed E-state index contributed by atoms with van der Waals surface area (Å²) in [5, 5.41) is 8.93. The molecule has 21 heavy (non-hydrogen) atoms. The highest BCUT2D eigenvalue weighted by molar-refractivity contribution is 7.89. The molecule has 0 unspecified atom stereocenters. The largest absolute Gasteiger partial charge is 0.481 e. The molecular formula is C12H20F3NO4S. The molecule has 1 aliphatic carbocycles. The van der Waals surface area contributed by atoms with E-state index in [0.717, 1.165) is 6.42 Å². The van der Waals surface area contributed by atoms with Gasteiger partial charge in [-0.1, -0.05) is 19.3 Å². The molecule has 0 aromatic rings. The molecule has 0 aromatic carbocycles. The first-order valence-corrected chi connectivity index (χ1v) is 8.49. The van der Waals surface area contributed by atoms with Gasteiger partial charge in [0.15, 0.2) is 0 Å². The van der Waals surface area contributed by atoms with Crippen LogP contribution in [-0.4, -0.2) is 37.0 Å². The molecule has 1 rings (SSSR count). The summed E-state index contributed by atoms with van der Waals surface area (Å²) in [6.07, 6.45) is -3.31. The van der Waals surface area contributed by atoms with E-state index in [1.807, 2.05) is 0 Å². The summed E-state index contributed by atoms with van der Waals surface area (Å²) >= 11 is 0. The topological polar surface area (TPSA) is 83.5 Å². The number of sulfonamides is 1. The van der Waals surface area contributed by atoms with Crippen LogP contribution in [0.15, 0.2) is 0 Å². The average Bonchev–Trinajstić information content (AvgIpc) is 2.25. The Kier molecular flexibility index (Phi) is 6.03. The molecule has 9 heteroatoms. The molecule has 0 heterocycles. The molecule has 0 radical (unpaired) electrons. The van der Waals surface area contributed by atoms with Crippen LogP contribution in [0, 0.1) is 0 Å². The fraction of sp³-hybridized carbons (Fsp3) is 0.917. The first-order valence-electron chi connectivity index (χ1n) is 6.84. The highest BCUT2D eigenvalue weighted by Crippen LogP contribution is 2.32. The van der Waals surface area contributed by atoms with E-state index in [2.05, 4.69) is 4.72 Å². The van der Waals surface area contributed by atoms with E-state index in [1.54, 1.807) is 0 Å². The van der Waals surface area contributed by atoms with Crippen molar-refractivity contribution in [2.45, 2.75) is 63.1 Å². The maximum atomic E-state index is 12.0. The molecule has 1 fully saturated rings. The lowest BCUT2D eigenvalue weighted by Gasteiger charge is -2.36. The van der Waals surface area contributed by atoms with Crippen molar-refractivity contribution in [1.29, 1.82) is 0 Å². The molecule has 0 saturated heterocycles. The van der Waals surface area contributed by atoms with Crippen LogP contribution in [0.3, 0.4) is 0 Å². The van der Waals surface area contributed by atoms with E-state index in [0.29, 0.717) is 25.7 Å². The van der Waals surface area contributed by atoms with Crippen molar-refractivity contribution in [1.82, 2.24) is 4.72 Å². The standard InChI is InChI=1S/C12H20F3NO4S/c13-12(14,15)7-4-8-21(19,20)16-11(9-10(17)18)5-2-1-3-6-11/h16H,1-9H2,(H,17,18). The third-order valence-electron chi connectivity index (χ3n) is 3.55. The fourth-order valence-corrected chi connectivity index (χ4v) is 4.24. The average molecular weight is 331 g/mol. The zero-order chi connectivity index (χ0) is 16.1. The van der Waals surface area contributed by atoms with Crippen LogP contribution in [0.5, 0.6) is 0 Å². The van der Waals surface area contributed by atoms with Gasteiger partial charge >= 0.3 is 12.1 Å². The molecule has 1 saturated carbocycles. The van der Waals surface area contributed by atoms with E-state index < -0.39 is 46.3 Å². The smallest absolute Gasteiger partial charge is 0.389 e. The van der Waals surface area contributed by atoms with Crippen molar-refractivity contribution in [2.24, 2.45) is 0 Å². The summed E-state index contributed by atoms with van der Waals surface area (Å²) in [5.41, 5.74) is -1.05. The Balaban J connectivity index is 2.66. The van der Waals surface area contributed by atoms with Crippen molar-refractivity contribution in [3.8, 4) is 0 Å². The van der Waals surface area contributed by atoms with Crippen LogP contribution in [0.4, 0.5) is 13.2 Å². The lowest BCUT2D eigenvalue weighted by Crippen LogP contribution is -2.51. The zero-order valence-electron chi connectivity index (χ0n) is 11.6. The van der Waals surface area contributed by atoms with E-state index >= 15 is 0 Å². The highest BCUT2D eigenvalue weighted by Gasteiger charge is 2.38. The minimum Gasteiger partial charge on any atom is -0.481 e. The fourth-order valence-electron chi connectivity index (χ4n) is 2.68. The van der Waals surface area contributed by atoms with Crippen LogP contribution in [0.1, 0.15) is 51.4 Å². The van der Waals surface area contributed by atoms with Gasteiger partial charge in [0, 0.05) is 12.0 Å². The van der Waals surface area contributed by atoms with Gasteiger partial charge in [-0.2, -0.15) is 13.2 Å². The van der Waals surface area contributed by atoms with Crippen LogP contribution in [0.25, 0.3) is 0 Å². The molecule has 0 amide bonds. The lowest BCUT2D eigenvalue weighted by molar-refractivity contribution is -0.139. The summed E-state index contributed by atoms with van der Waals surface area (Å²) in [4.78, 5) is 10.9. The molecule has 0 bridgehead atoms. The lowest BCUT2D eigenvalue weighted by atomic mass is 9.80. The van der Waals surface area contributed by atoms with Crippen molar-refractivity contribution in [3.63, 3.8) is 0 Å². The van der Waals surface area contributed by atoms with Gasteiger partial charge in [0.1, 0.15) is 0 Å². The van der Waals surface area contributed by atoms with Gasteiger partial charge in [0.05, 0.1) is 12.2 Å². The number of carboxylic acids is 1. The van der Waals surface area contributed by atoms with Gasteiger partial charge in [0.2, 0.25) is 10.0 Å². The second-order valence-corrected chi connectivity index (χ2v) is 7.39. The number of hydrogen-bond acceptors (Lipinski definition) is 3. The Morgan fingerprint density at radius 2 is 1.76 bits per heavy atom. The quantitative estimate of drug-likeness (QED) is 0.750. The summed E-state index contributed by atoms with van der Waals surface area (Å²) in [6.45, 7) is 0. The Morgan fingerprint density at radius 1 is 1.19 bits per heavy atom. The number of halogens is 3. The molecule has 1 aliphatic rings. The van der Waals surface area contributed by atoms with Gasteiger partial charge in [-0.05, 0) is 19.3 Å². The third-order valence-corrected chi connectivity index (χ3v) is 5.12. The SMILES string of the molecule is O=C(O)CC1(NS(=O)(=O)CCCC(F)(F)F)CCCCC1. The summed E-state index contributed by atoms with van der Waals surface area (Å²) in [6, 6.07) is 0. The summed E-state index contributed by atoms with van der Waals surface area (Å²) in [7, 11) is -3.92. The molecule has 0 aliphatic heterocycles. The Morgan fingerprint density at radius 3 is 2.24 bits per heavy atom. The Labute approximate surface area is 122 Å². The third kappa shape index (κ3) is 7.12. The van der Waals surface area contributed by atoms with Crippen LogP contribution in [-0.2, 0) is 14.8 Å². The number of hydrogen-bond donors (Lipinski definition) is 2. The Hall–Kier alpha value is -0.830. The van der Waals surface area contributed by atoms with Gasteiger partial charge < -0.3 is 5.11 Å². The minimum atomic E-state index is -4.39.